The van der Waals surface area contributed by atoms with Gasteiger partial charge in [-0.2, -0.15) is 0 Å². The molecule has 0 N–H and O–H groups in total. The van der Waals surface area contributed by atoms with E-state index in [4.69, 9.17) is 15.0 Å². The Labute approximate surface area is 309 Å². The molecule has 0 saturated carbocycles. The monoisotopic (exact) mass is 677 g/mol. The third-order valence-corrected chi connectivity index (χ3v) is 10.9. The number of pyridine rings is 1. The molecule has 1 aliphatic rings. The van der Waals surface area contributed by atoms with Crippen molar-refractivity contribution in [3.8, 4) is 67.3 Å². The zero-order valence-corrected chi connectivity index (χ0v) is 29.6. The van der Waals surface area contributed by atoms with Crippen LogP contribution in [0.2, 0.25) is 0 Å². The van der Waals surface area contributed by atoms with Crippen molar-refractivity contribution >= 4 is 21.7 Å². The van der Waals surface area contributed by atoms with Gasteiger partial charge in [-0.25, -0.2) is 9.97 Å². The van der Waals surface area contributed by atoms with E-state index < -0.39 is 0 Å². The van der Waals surface area contributed by atoms with Gasteiger partial charge >= 0.3 is 0 Å². The van der Waals surface area contributed by atoms with Crippen LogP contribution in [-0.2, 0) is 5.41 Å². The van der Waals surface area contributed by atoms with Crippen LogP contribution in [-0.4, -0.2) is 15.0 Å². The minimum atomic E-state index is -0.131. The molecule has 0 unspecified atom stereocenters. The average molecular weight is 678 g/mol. The first kappa shape index (κ1) is 31.1. The minimum Gasteiger partial charge on any atom is -0.256 e. The van der Waals surface area contributed by atoms with E-state index in [2.05, 4.69) is 153 Å². The summed E-state index contributed by atoms with van der Waals surface area (Å²) in [5.41, 5.74) is 15.6. The minimum absolute atomic E-state index is 0.131. The second-order valence-electron chi connectivity index (χ2n) is 14.5. The van der Waals surface area contributed by atoms with Crippen LogP contribution in [0.3, 0.4) is 0 Å². The predicted octanol–water partition coefficient (Wildman–Crippen LogP) is 12.8. The largest absolute Gasteiger partial charge is 0.256 e. The molecule has 9 aromatic rings. The van der Waals surface area contributed by atoms with E-state index in [1.807, 2.05) is 36.5 Å². The van der Waals surface area contributed by atoms with E-state index >= 15 is 0 Å². The van der Waals surface area contributed by atoms with Gasteiger partial charge in [0.05, 0.1) is 16.9 Å². The molecule has 0 fully saturated rings. The fourth-order valence-electron chi connectivity index (χ4n) is 8.17. The summed E-state index contributed by atoms with van der Waals surface area (Å²) in [6.45, 7) is 4.71. The van der Waals surface area contributed by atoms with Crippen LogP contribution in [0.15, 0.2) is 176 Å². The second kappa shape index (κ2) is 12.2. The molecule has 53 heavy (non-hydrogen) atoms. The van der Waals surface area contributed by atoms with Crippen molar-refractivity contribution in [2.45, 2.75) is 19.3 Å². The highest BCUT2D eigenvalue weighted by Crippen LogP contribution is 2.54. The SMILES string of the molecule is CC1(C)c2cc3ccccc3cc2-c2c(-c3ccccc3-c3cc(-c4cccc(-c5cnc6ccccc6c5)c4)nc(-c4ccccc4)n3)cccc21. The van der Waals surface area contributed by atoms with Gasteiger partial charge in [-0.3, -0.25) is 4.98 Å². The van der Waals surface area contributed by atoms with Crippen LogP contribution >= 0.6 is 0 Å². The number of hydrogen-bond acceptors (Lipinski definition) is 3. The summed E-state index contributed by atoms with van der Waals surface area (Å²) in [4.78, 5) is 15.2. The number of aromatic nitrogens is 3. The van der Waals surface area contributed by atoms with Crippen LogP contribution in [0.1, 0.15) is 25.0 Å². The molecule has 0 aliphatic heterocycles. The molecule has 0 spiro atoms. The lowest BCUT2D eigenvalue weighted by atomic mass is 9.81. The Hall–Kier alpha value is -6.71. The van der Waals surface area contributed by atoms with E-state index in [0.717, 1.165) is 55.7 Å². The Morgan fingerprint density at radius 3 is 1.89 bits per heavy atom. The van der Waals surface area contributed by atoms with Crippen LogP contribution in [0.25, 0.3) is 89.0 Å². The Balaban J connectivity index is 1.16. The van der Waals surface area contributed by atoms with E-state index in [1.54, 1.807) is 0 Å². The molecule has 3 heteroatoms. The molecule has 250 valence electrons. The lowest BCUT2D eigenvalue weighted by Crippen LogP contribution is -2.14. The number of fused-ring (bicyclic) bond motifs is 5. The van der Waals surface area contributed by atoms with Gasteiger partial charge in [0.2, 0.25) is 0 Å². The van der Waals surface area contributed by atoms with Crippen LogP contribution in [0.5, 0.6) is 0 Å². The van der Waals surface area contributed by atoms with Gasteiger partial charge in [0.1, 0.15) is 0 Å². The van der Waals surface area contributed by atoms with Gasteiger partial charge in [0, 0.05) is 39.3 Å². The molecule has 1 aliphatic carbocycles. The molecule has 10 rings (SSSR count). The normalized spacial score (nSPS) is 12.9. The molecule has 0 saturated heterocycles. The maximum absolute atomic E-state index is 5.29. The number of nitrogens with zero attached hydrogens (tertiary/aromatic N) is 3. The fraction of sp³-hybridized carbons (Fsp3) is 0.0600. The van der Waals surface area contributed by atoms with Crippen molar-refractivity contribution in [2.24, 2.45) is 0 Å². The van der Waals surface area contributed by atoms with E-state index in [-0.39, 0.29) is 5.41 Å². The zero-order valence-electron chi connectivity index (χ0n) is 29.6. The highest BCUT2D eigenvalue weighted by atomic mass is 14.9. The highest BCUT2D eigenvalue weighted by Gasteiger charge is 2.37. The Morgan fingerprint density at radius 2 is 1.04 bits per heavy atom. The summed E-state index contributed by atoms with van der Waals surface area (Å²) >= 11 is 0. The molecular weight excluding hydrogens is 643 g/mol. The number of benzene rings is 7. The zero-order chi connectivity index (χ0) is 35.5. The van der Waals surface area contributed by atoms with Crippen molar-refractivity contribution in [1.29, 1.82) is 0 Å². The van der Waals surface area contributed by atoms with Gasteiger partial charge in [0.15, 0.2) is 5.82 Å². The second-order valence-corrected chi connectivity index (χ2v) is 14.5. The first-order chi connectivity index (χ1) is 26.0. The summed E-state index contributed by atoms with van der Waals surface area (Å²) in [7, 11) is 0. The molecule has 2 heterocycles. The number of hydrogen-bond donors (Lipinski definition) is 0. The Bertz CT molecular complexity index is 2870. The fourth-order valence-corrected chi connectivity index (χ4v) is 8.17. The Morgan fingerprint density at radius 1 is 0.396 bits per heavy atom. The lowest BCUT2D eigenvalue weighted by Gasteiger charge is -2.22. The van der Waals surface area contributed by atoms with Gasteiger partial charge < -0.3 is 0 Å². The smallest absolute Gasteiger partial charge is 0.160 e. The summed E-state index contributed by atoms with van der Waals surface area (Å²) < 4.78 is 0. The highest BCUT2D eigenvalue weighted by molar-refractivity contribution is 6.00. The third-order valence-electron chi connectivity index (χ3n) is 10.9. The number of rotatable bonds is 5. The molecule has 0 atom stereocenters. The van der Waals surface area contributed by atoms with E-state index in [9.17, 15) is 0 Å². The standard InChI is InChI=1S/C50H35N3/c1-50(2)43-24-13-23-41(48(43)42-28-34-16-6-7-17-35(34)29-44(42)50)39-21-9-10-22-40(39)47-30-46(52-49(53-47)32-14-4-3-5-15-32)37-20-12-19-33(26-37)38-27-36-18-8-11-25-45(36)51-31-38/h3-31H,1-2H3. The Kier molecular flexibility index (Phi) is 7.16. The summed E-state index contributed by atoms with van der Waals surface area (Å²) in [5.74, 6) is 0.696. The first-order valence-electron chi connectivity index (χ1n) is 18.2. The molecule has 2 aromatic heterocycles. The quantitative estimate of drug-likeness (QED) is 0.182. The van der Waals surface area contributed by atoms with Gasteiger partial charge in [-0.05, 0) is 86.1 Å². The molecule has 0 bridgehead atoms. The van der Waals surface area contributed by atoms with E-state index in [1.165, 1.54) is 38.6 Å². The van der Waals surface area contributed by atoms with Crippen molar-refractivity contribution in [3.05, 3.63) is 187 Å². The van der Waals surface area contributed by atoms with Crippen LogP contribution in [0.4, 0.5) is 0 Å². The van der Waals surface area contributed by atoms with Gasteiger partial charge in [-0.15, -0.1) is 0 Å². The third kappa shape index (κ3) is 5.24. The van der Waals surface area contributed by atoms with Crippen molar-refractivity contribution in [1.82, 2.24) is 15.0 Å². The van der Waals surface area contributed by atoms with Crippen LogP contribution < -0.4 is 0 Å². The lowest BCUT2D eigenvalue weighted by molar-refractivity contribution is 0.661. The predicted molar refractivity (Wildman–Crippen MR) is 220 cm³/mol. The maximum atomic E-state index is 5.29. The maximum Gasteiger partial charge on any atom is 0.160 e. The molecule has 0 radical (unpaired) electrons. The number of para-hydroxylation sites is 1. The van der Waals surface area contributed by atoms with Crippen molar-refractivity contribution < 1.29 is 0 Å². The van der Waals surface area contributed by atoms with Crippen molar-refractivity contribution in [3.63, 3.8) is 0 Å². The van der Waals surface area contributed by atoms with Gasteiger partial charge in [-0.1, -0.05) is 147 Å². The molecular formula is C50H35N3. The van der Waals surface area contributed by atoms with Crippen LogP contribution in [0, 0.1) is 0 Å². The average Bonchev–Trinajstić information content (AvgIpc) is 3.45. The molecule has 3 nitrogen and oxygen atoms in total. The molecule has 7 aromatic carbocycles. The first-order valence-corrected chi connectivity index (χ1v) is 18.2. The summed E-state index contributed by atoms with van der Waals surface area (Å²) in [6.07, 6.45) is 1.96. The summed E-state index contributed by atoms with van der Waals surface area (Å²) in [5, 5.41) is 3.65. The summed E-state index contributed by atoms with van der Waals surface area (Å²) in [6, 6.07) is 60.5. The van der Waals surface area contributed by atoms with Crippen molar-refractivity contribution in [2.75, 3.05) is 0 Å². The van der Waals surface area contributed by atoms with Gasteiger partial charge in [0.25, 0.3) is 0 Å². The topological polar surface area (TPSA) is 38.7 Å². The molecule has 0 amide bonds. The van der Waals surface area contributed by atoms with E-state index in [0.29, 0.717) is 5.82 Å².